The Labute approximate surface area is 216 Å². The average Bonchev–Trinajstić information content (AvgIpc) is 2.77. The van der Waals surface area contributed by atoms with Gasteiger partial charge < -0.3 is 20.4 Å². The highest BCUT2D eigenvalue weighted by Gasteiger charge is 2.32. The molecule has 0 saturated heterocycles. The lowest BCUT2D eigenvalue weighted by molar-refractivity contribution is -0.0257. The predicted molar refractivity (Wildman–Crippen MR) is 152 cm³/mol. The van der Waals surface area contributed by atoms with Crippen LogP contribution in [0.15, 0.2) is 0 Å². The summed E-state index contributed by atoms with van der Waals surface area (Å²) in [6, 6.07) is 0. The highest BCUT2D eigenvalue weighted by Crippen LogP contribution is 2.34. The number of hydrogen-bond acceptors (Lipinski definition) is 3. The van der Waals surface area contributed by atoms with Crippen LogP contribution in [-0.4, -0.2) is 42.1 Å². The van der Waals surface area contributed by atoms with Crippen LogP contribution in [0.1, 0.15) is 104 Å². The predicted octanol–water partition coefficient (Wildman–Crippen LogP) is 7.21. The summed E-state index contributed by atoms with van der Waals surface area (Å²) >= 11 is 0. The van der Waals surface area contributed by atoms with Gasteiger partial charge in [-0.1, -0.05) is 104 Å². The zero-order valence-electron chi connectivity index (χ0n) is 26.3. The van der Waals surface area contributed by atoms with Crippen molar-refractivity contribution in [3.05, 3.63) is 0 Å². The van der Waals surface area contributed by atoms with Gasteiger partial charge in [0.25, 0.3) is 0 Å². The van der Waals surface area contributed by atoms with Gasteiger partial charge in [0, 0.05) is 14.2 Å². The molecule has 0 aromatic heterocycles. The van der Waals surface area contributed by atoms with Gasteiger partial charge in [0.2, 0.25) is 0 Å². The third-order valence-electron chi connectivity index (χ3n) is 9.00. The number of ether oxygens (including phenoxy) is 1. The number of aliphatic hydroxyl groups excluding tert-OH is 2. The lowest BCUT2D eigenvalue weighted by Gasteiger charge is -2.37. The minimum Gasteiger partial charge on any atom is -0.412 e. The second-order valence-electron chi connectivity index (χ2n) is 12.2. The van der Waals surface area contributed by atoms with Gasteiger partial charge in [-0.3, -0.25) is 0 Å². The van der Waals surface area contributed by atoms with Gasteiger partial charge in [-0.25, -0.2) is 0 Å². The lowest BCUT2D eigenvalue weighted by atomic mass is 9.73. The van der Waals surface area contributed by atoms with E-state index in [1.807, 2.05) is 7.11 Å². The highest BCUT2D eigenvalue weighted by atomic mass is 16.5. The van der Waals surface area contributed by atoms with Crippen LogP contribution in [0.25, 0.3) is 0 Å². The van der Waals surface area contributed by atoms with Gasteiger partial charge in [-0.2, -0.15) is 0 Å². The maximum Gasteiger partial charge on any atom is 0.0627 e. The Morgan fingerprint density at radius 2 is 0.706 bits per heavy atom. The Kier molecular flexibility index (Phi) is 25.3. The normalized spacial score (nSPS) is 19.5. The zero-order chi connectivity index (χ0) is 27.2. The van der Waals surface area contributed by atoms with Crippen LogP contribution in [0.4, 0.5) is 0 Å². The lowest BCUT2D eigenvalue weighted by Crippen LogP contribution is -2.37. The number of rotatable bonds is 12. The van der Waals surface area contributed by atoms with E-state index >= 15 is 0 Å². The molecule has 0 amide bonds. The third-order valence-corrected chi connectivity index (χ3v) is 9.00. The highest BCUT2D eigenvalue weighted by molar-refractivity contribution is 4.81. The first-order valence-corrected chi connectivity index (χ1v) is 13.7. The van der Waals surface area contributed by atoms with Gasteiger partial charge in [0.05, 0.1) is 12.2 Å². The van der Waals surface area contributed by atoms with Crippen molar-refractivity contribution in [2.75, 3.05) is 14.2 Å². The zero-order valence-corrected chi connectivity index (χ0v) is 26.3. The molecule has 4 heteroatoms. The maximum atomic E-state index is 10.00. The van der Waals surface area contributed by atoms with Gasteiger partial charge in [-0.05, 0) is 65.1 Å². The molecule has 0 aromatic rings. The van der Waals surface area contributed by atoms with Crippen LogP contribution in [0.2, 0.25) is 0 Å². The number of hydrogen-bond donors (Lipinski definition) is 2. The molecule has 0 saturated carbocycles. The summed E-state index contributed by atoms with van der Waals surface area (Å²) in [5, 5.41) is 17.0. The quantitative estimate of drug-likeness (QED) is 0.302. The molecule has 34 heavy (non-hydrogen) atoms. The van der Waals surface area contributed by atoms with Crippen molar-refractivity contribution in [3.63, 3.8) is 0 Å². The summed E-state index contributed by atoms with van der Waals surface area (Å²) < 4.78 is 5.79. The van der Waals surface area contributed by atoms with Crippen LogP contribution in [0.3, 0.4) is 0 Å². The van der Waals surface area contributed by atoms with E-state index in [1.165, 1.54) is 0 Å². The van der Waals surface area contributed by atoms with Crippen molar-refractivity contribution in [1.82, 2.24) is 0 Å². The molecule has 4 nitrogen and oxygen atoms in total. The first-order chi connectivity index (χ1) is 15.0. The molecular formula is C30H68O4. The van der Waals surface area contributed by atoms with Crippen molar-refractivity contribution < 1.29 is 20.4 Å². The fraction of sp³-hybridized carbons (Fsp3) is 1.00. The largest absolute Gasteiger partial charge is 0.412 e. The molecular weight excluding hydrogens is 424 g/mol. The van der Waals surface area contributed by atoms with Crippen LogP contribution < -0.4 is 0 Å². The molecule has 0 spiro atoms. The molecule has 0 aliphatic rings. The summed E-state index contributed by atoms with van der Waals surface area (Å²) in [6.07, 6.45) is 0.220. The van der Waals surface area contributed by atoms with Crippen LogP contribution in [0.5, 0.6) is 0 Å². The summed E-state index contributed by atoms with van der Waals surface area (Å²) in [4.78, 5) is 0. The first kappa shape index (κ1) is 41.0. The summed E-state index contributed by atoms with van der Waals surface area (Å²) in [5.41, 5.74) is 0. The summed E-state index contributed by atoms with van der Waals surface area (Å²) in [6.45, 7) is 34.1. The number of aliphatic hydroxyl groups is 2. The van der Waals surface area contributed by atoms with Crippen molar-refractivity contribution in [2.24, 2.45) is 65.1 Å². The van der Waals surface area contributed by atoms with E-state index in [2.05, 4.69) is 104 Å². The molecule has 0 heterocycles. The van der Waals surface area contributed by atoms with Crippen LogP contribution >= 0.6 is 0 Å². The Hall–Kier alpha value is -0.160. The molecule has 0 aromatic carbocycles. The maximum absolute atomic E-state index is 10.00. The van der Waals surface area contributed by atoms with Gasteiger partial charge in [-0.15, -0.1) is 0 Å². The minimum atomic E-state index is -0.161. The molecule has 212 valence electrons. The topological polar surface area (TPSA) is 81.2 Å². The van der Waals surface area contributed by atoms with Crippen molar-refractivity contribution in [1.29, 1.82) is 0 Å². The summed E-state index contributed by atoms with van der Waals surface area (Å²) in [7, 11) is 2.87. The molecule has 0 fully saturated rings. The Bertz CT molecular complexity index is 418. The fourth-order valence-corrected chi connectivity index (χ4v) is 4.68. The molecule has 0 bridgehead atoms. The Balaban J connectivity index is -0.000000243. The molecule has 0 aliphatic heterocycles. The second kappa shape index (κ2) is 21.0. The van der Waals surface area contributed by atoms with Gasteiger partial charge in [0.1, 0.15) is 0 Å². The molecule has 0 radical (unpaired) electrons. The minimum absolute atomic E-state index is 0. The smallest absolute Gasteiger partial charge is 0.0627 e. The van der Waals surface area contributed by atoms with Crippen molar-refractivity contribution in [3.8, 4) is 0 Å². The van der Waals surface area contributed by atoms with E-state index in [1.54, 1.807) is 0 Å². The van der Waals surface area contributed by atoms with E-state index in [0.717, 1.165) is 18.9 Å². The molecule has 0 rings (SSSR count). The van der Waals surface area contributed by atoms with Gasteiger partial charge in [0.15, 0.2) is 0 Å². The number of methoxy groups -OCH3 is 1. The average molecular weight is 493 g/mol. The van der Waals surface area contributed by atoms with Crippen molar-refractivity contribution in [2.45, 2.75) is 116 Å². The SMILES string of the molecule is CC(C)C(C)C(C)C(C)C(O)C(C)C.CO.COC(C(C)C(C)C)C(C)C(C)C(C)C(C)C.O. The monoisotopic (exact) mass is 493 g/mol. The second-order valence-corrected chi connectivity index (χ2v) is 12.2. The van der Waals surface area contributed by atoms with Gasteiger partial charge >= 0.3 is 0 Å². The third kappa shape index (κ3) is 14.4. The standard InChI is InChI=1S/C16H34O.C13H28O.CH4O.H2O/c1-10(2)12(5)14(7)15(8)16(17-9)13(6)11(3)4;1-8(2)10(5)11(6)12(7)13(14)9(3)4;1-2;/h10-16H,1-9H3;8-14H,1-7H3;2H,1H3;1H2. The fourth-order valence-electron chi connectivity index (χ4n) is 4.68. The van der Waals surface area contributed by atoms with E-state index in [-0.39, 0.29) is 11.6 Å². The van der Waals surface area contributed by atoms with Crippen molar-refractivity contribution >= 4 is 0 Å². The Morgan fingerprint density at radius 1 is 0.412 bits per heavy atom. The van der Waals surface area contributed by atoms with E-state index in [0.29, 0.717) is 59.4 Å². The Morgan fingerprint density at radius 3 is 0.941 bits per heavy atom. The molecule has 9 unspecified atom stereocenters. The first-order valence-electron chi connectivity index (χ1n) is 13.7. The van der Waals surface area contributed by atoms with Crippen LogP contribution in [0, 0.1) is 65.1 Å². The molecule has 4 N–H and O–H groups in total. The van der Waals surface area contributed by atoms with E-state index in [4.69, 9.17) is 9.84 Å². The van der Waals surface area contributed by atoms with E-state index in [9.17, 15) is 5.11 Å². The summed E-state index contributed by atoms with van der Waals surface area (Å²) in [5.74, 6) is 6.87. The molecule has 0 aliphatic carbocycles. The van der Waals surface area contributed by atoms with Crippen LogP contribution in [-0.2, 0) is 4.74 Å². The van der Waals surface area contributed by atoms with E-state index < -0.39 is 0 Å². The molecule has 9 atom stereocenters.